The third-order valence-corrected chi connectivity index (χ3v) is 7.67. The molecule has 210 valence electrons. The van der Waals surface area contributed by atoms with Crippen LogP contribution in [0.1, 0.15) is 12.8 Å². The number of benzene rings is 1. The number of ether oxygens (including phenoxy) is 3. The van der Waals surface area contributed by atoms with E-state index in [0.717, 1.165) is 66.2 Å². The lowest BCUT2D eigenvalue weighted by molar-refractivity contribution is 0.170. The van der Waals surface area contributed by atoms with E-state index in [1.54, 1.807) is 25.7 Å². The Balaban J connectivity index is 0.00000323. The molecule has 0 bridgehead atoms. The van der Waals surface area contributed by atoms with E-state index in [4.69, 9.17) is 14.2 Å². The first-order valence-corrected chi connectivity index (χ1v) is 13.3. The van der Waals surface area contributed by atoms with E-state index in [2.05, 4.69) is 31.8 Å². The van der Waals surface area contributed by atoms with Gasteiger partial charge in [0, 0.05) is 69.4 Å². The molecule has 0 amide bonds. The first-order chi connectivity index (χ1) is 19.1. The Morgan fingerprint density at radius 1 is 1.00 bits per heavy atom. The molecule has 2 aliphatic heterocycles. The van der Waals surface area contributed by atoms with Crippen LogP contribution in [0, 0.1) is 0 Å². The molecule has 0 spiro atoms. The van der Waals surface area contributed by atoms with Gasteiger partial charge in [0.05, 0.1) is 30.5 Å². The molecule has 4 aromatic rings. The van der Waals surface area contributed by atoms with E-state index >= 15 is 0 Å². The summed E-state index contributed by atoms with van der Waals surface area (Å²) in [5.41, 5.74) is 3.32. The molecule has 0 saturated carbocycles. The van der Waals surface area contributed by atoms with Crippen LogP contribution >= 0.6 is 12.4 Å². The van der Waals surface area contributed by atoms with Gasteiger partial charge in [0.1, 0.15) is 24.8 Å². The topological polar surface area (TPSA) is 94.8 Å². The number of piperidine rings is 1. The molecule has 1 aromatic carbocycles. The molecule has 0 atom stereocenters. The molecule has 0 unspecified atom stereocenters. The Morgan fingerprint density at radius 3 is 2.50 bits per heavy atom. The highest BCUT2D eigenvalue weighted by Crippen LogP contribution is 2.33. The number of aromatic nitrogens is 4. The number of hydrogen-bond acceptors (Lipinski definition) is 9. The Hall–Kier alpha value is -3.89. The summed E-state index contributed by atoms with van der Waals surface area (Å²) in [6, 6.07) is 10.1. The summed E-state index contributed by atoms with van der Waals surface area (Å²) >= 11 is 0. The fourth-order valence-electron chi connectivity index (χ4n) is 5.43. The molecule has 6 rings (SSSR count). The van der Waals surface area contributed by atoms with Crippen molar-refractivity contribution in [3.05, 3.63) is 65.5 Å². The van der Waals surface area contributed by atoms with Gasteiger partial charge in [-0.25, -0.2) is 9.97 Å². The summed E-state index contributed by atoms with van der Waals surface area (Å²) in [5, 5.41) is 0. The molecule has 5 heterocycles. The van der Waals surface area contributed by atoms with Gasteiger partial charge in [0.15, 0.2) is 11.5 Å². The van der Waals surface area contributed by atoms with Gasteiger partial charge in [-0.05, 0) is 36.6 Å². The van der Waals surface area contributed by atoms with Crippen molar-refractivity contribution >= 4 is 29.3 Å². The molecular formula is C29H33ClN6O4. The second-order valence-corrected chi connectivity index (χ2v) is 9.90. The minimum atomic E-state index is -0.115. The average Bonchev–Trinajstić information content (AvgIpc) is 3.00. The van der Waals surface area contributed by atoms with Crippen LogP contribution in [0.5, 0.6) is 17.2 Å². The van der Waals surface area contributed by atoms with Crippen molar-refractivity contribution < 1.29 is 14.2 Å². The number of halogens is 1. The van der Waals surface area contributed by atoms with Crippen molar-refractivity contribution in [3.63, 3.8) is 0 Å². The number of methoxy groups -OCH3 is 1. The molecule has 40 heavy (non-hydrogen) atoms. The molecule has 0 aliphatic carbocycles. The number of nitrogens with zero attached hydrogens (tertiary/aromatic N) is 6. The van der Waals surface area contributed by atoms with E-state index in [-0.39, 0.29) is 18.0 Å². The molecular weight excluding hydrogens is 532 g/mol. The van der Waals surface area contributed by atoms with Gasteiger partial charge in [-0.15, -0.1) is 12.4 Å². The van der Waals surface area contributed by atoms with Crippen molar-refractivity contribution in [2.45, 2.75) is 25.4 Å². The third-order valence-electron chi connectivity index (χ3n) is 7.67. The highest BCUT2D eigenvalue weighted by atomic mass is 35.5. The number of rotatable bonds is 7. The summed E-state index contributed by atoms with van der Waals surface area (Å²) < 4.78 is 18.7. The molecule has 11 heteroatoms. The lowest BCUT2D eigenvalue weighted by Crippen LogP contribution is -2.45. The average molecular weight is 565 g/mol. The lowest BCUT2D eigenvalue weighted by Gasteiger charge is -2.37. The molecule has 2 aliphatic rings. The maximum Gasteiger partial charge on any atom is 0.269 e. The first-order valence-electron chi connectivity index (χ1n) is 13.3. The van der Waals surface area contributed by atoms with Crippen LogP contribution in [-0.4, -0.2) is 77.5 Å². The smallest absolute Gasteiger partial charge is 0.269 e. The van der Waals surface area contributed by atoms with Gasteiger partial charge >= 0.3 is 0 Å². The number of likely N-dealkylation sites (tertiary alicyclic amines) is 1. The normalized spacial score (nSPS) is 15.4. The predicted molar refractivity (Wildman–Crippen MR) is 156 cm³/mol. The fraction of sp³-hybridized carbons (Fsp3) is 0.379. The van der Waals surface area contributed by atoms with E-state index in [1.165, 1.54) is 6.20 Å². The van der Waals surface area contributed by atoms with Gasteiger partial charge in [0.2, 0.25) is 0 Å². The van der Waals surface area contributed by atoms with E-state index in [1.807, 2.05) is 34.9 Å². The van der Waals surface area contributed by atoms with Gasteiger partial charge in [-0.2, -0.15) is 0 Å². The Labute approximate surface area is 238 Å². The zero-order valence-corrected chi connectivity index (χ0v) is 23.5. The van der Waals surface area contributed by atoms with E-state index in [9.17, 15) is 4.79 Å². The van der Waals surface area contributed by atoms with E-state index in [0.29, 0.717) is 37.3 Å². The monoisotopic (exact) mass is 564 g/mol. The minimum Gasteiger partial charge on any atom is -0.497 e. The Morgan fingerprint density at radius 2 is 1.75 bits per heavy atom. The van der Waals surface area contributed by atoms with Crippen LogP contribution in [0.3, 0.4) is 0 Å². The Bertz CT molecular complexity index is 1520. The SMILES string of the molecule is COc1cc(-c2ccncc2)c2ncc(=O)n(CCN3CCC(N(C)c4cc5c(cn4)OCCO5)CC3)c2c1.Cl. The van der Waals surface area contributed by atoms with Crippen molar-refractivity contribution in [3.8, 4) is 28.4 Å². The predicted octanol–water partition coefficient (Wildman–Crippen LogP) is 3.66. The maximum atomic E-state index is 13.0. The second-order valence-electron chi connectivity index (χ2n) is 9.90. The van der Waals surface area contributed by atoms with E-state index < -0.39 is 0 Å². The highest BCUT2D eigenvalue weighted by molar-refractivity contribution is 5.93. The van der Waals surface area contributed by atoms with Crippen molar-refractivity contribution in [1.82, 2.24) is 24.4 Å². The number of pyridine rings is 2. The standard InChI is InChI=1S/C29H32N6O4.ClH/c1-33(27-17-25-26(18-31-27)39-14-13-38-25)21-5-9-34(10-6-21)11-12-35-24-16-22(37-2)15-23(20-3-7-30-8-4-20)29(24)32-19-28(35)36;/h3-4,7-8,15-19,21H,5-6,9-14H2,1-2H3;1H. The van der Waals surface area contributed by atoms with Crippen LogP contribution in [0.2, 0.25) is 0 Å². The Kier molecular flexibility index (Phi) is 8.37. The van der Waals surface area contributed by atoms with Crippen molar-refractivity contribution in [1.29, 1.82) is 0 Å². The van der Waals surface area contributed by atoms with Crippen LogP contribution < -0.4 is 24.7 Å². The molecule has 10 nitrogen and oxygen atoms in total. The lowest BCUT2D eigenvalue weighted by atomic mass is 10.0. The van der Waals surface area contributed by atoms with Crippen LogP contribution in [0.25, 0.3) is 22.2 Å². The van der Waals surface area contributed by atoms with Gasteiger partial charge < -0.3 is 28.6 Å². The van der Waals surface area contributed by atoms with Gasteiger partial charge in [-0.1, -0.05) is 0 Å². The summed E-state index contributed by atoms with van der Waals surface area (Å²) in [5.74, 6) is 3.05. The van der Waals surface area contributed by atoms with Gasteiger partial charge in [-0.3, -0.25) is 9.78 Å². The number of fused-ring (bicyclic) bond motifs is 2. The molecule has 0 radical (unpaired) electrons. The third kappa shape index (κ3) is 5.55. The second kappa shape index (κ2) is 12.1. The zero-order chi connectivity index (χ0) is 26.8. The van der Waals surface area contributed by atoms with Crippen LogP contribution in [-0.2, 0) is 6.54 Å². The fourth-order valence-corrected chi connectivity index (χ4v) is 5.43. The molecule has 3 aromatic heterocycles. The van der Waals surface area contributed by atoms with Crippen molar-refractivity contribution in [2.75, 3.05) is 51.9 Å². The zero-order valence-electron chi connectivity index (χ0n) is 22.7. The number of anilines is 1. The summed E-state index contributed by atoms with van der Waals surface area (Å²) in [4.78, 5) is 30.9. The summed E-state index contributed by atoms with van der Waals surface area (Å²) in [7, 11) is 3.73. The summed E-state index contributed by atoms with van der Waals surface area (Å²) in [6.07, 6.45) is 8.70. The minimum absolute atomic E-state index is 0. The van der Waals surface area contributed by atoms with Crippen molar-refractivity contribution in [2.24, 2.45) is 0 Å². The molecule has 0 N–H and O–H groups in total. The summed E-state index contributed by atoms with van der Waals surface area (Å²) in [6.45, 7) is 4.37. The molecule has 1 fully saturated rings. The van der Waals surface area contributed by atoms with Crippen LogP contribution in [0.15, 0.2) is 59.9 Å². The largest absolute Gasteiger partial charge is 0.497 e. The first kappa shape index (κ1) is 27.7. The maximum absolute atomic E-state index is 13.0. The quantitative estimate of drug-likeness (QED) is 0.333. The van der Waals surface area contributed by atoms with Gasteiger partial charge in [0.25, 0.3) is 5.56 Å². The molecule has 1 saturated heterocycles. The number of hydrogen-bond donors (Lipinski definition) is 0. The highest BCUT2D eigenvalue weighted by Gasteiger charge is 2.25. The van der Waals surface area contributed by atoms with Crippen LogP contribution in [0.4, 0.5) is 5.82 Å².